The highest BCUT2D eigenvalue weighted by molar-refractivity contribution is 6.02. The minimum absolute atomic E-state index is 0.0132. The van der Waals surface area contributed by atoms with E-state index in [9.17, 15) is 27.6 Å². The molecule has 3 rings (SSSR count). The number of nitrogens with zero attached hydrogens (tertiary/aromatic N) is 3. The minimum Gasteiger partial charge on any atom is -0.465 e. The number of halogens is 3. The van der Waals surface area contributed by atoms with Gasteiger partial charge in [0, 0.05) is 12.7 Å². The second kappa shape index (κ2) is 7.19. The SMILES string of the molecule is COC(=O)c1cc(C)nc2c1c(=O)n(Cc1cccc(C(F)(F)F)c1)c(=O)n2C. The van der Waals surface area contributed by atoms with E-state index in [1.54, 1.807) is 6.92 Å². The summed E-state index contributed by atoms with van der Waals surface area (Å²) >= 11 is 0. The van der Waals surface area contributed by atoms with Gasteiger partial charge in [-0.05, 0) is 30.7 Å². The second-order valence-electron chi connectivity index (χ2n) is 6.43. The molecule has 3 aromatic rings. The van der Waals surface area contributed by atoms with Crippen LogP contribution in [0.25, 0.3) is 11.0 Å². The van der Waals surface area contributed by atoms with Gasteiger partial charge in [-0.15, -0.1) is 0 Å². The van der Waals surface area contributed by atoms with Crippen molar-refractivity contribution in [3.63, 3.8) is 0 Å². The zero-order valence-electron chi connectivity index (χ0n) is 15.7. The van der Waals surface area contributed by atoms with Crippen LogP contribution in [0.4, 0.5) is 13.2 Å². The van der Waals surface area contributed by atoms with Crippen LogP contribution in [0.2, 0.25) is 0 Å². The molecule has 0 saturated heterocycles. The van der Waals surface area contributed by atoms with E-state index in [0.717, 1.165) is 28.4 Å². The summed E-state index contributed by atoms with van der Waals surface area (Å²) in [6.07, 6.45) is -4.56. The molecule has 152 valence electrons. The minimum atomic E-state index is -4.56. The van der Waals surface area contributed by atoms with Gasteiger partial charge >= 0.3 is 17.8 Å². The first-order valence-electron chi connectivity index (χ1n) is 8.40. The molecule has 0 unspecified atom stereocenters. The number of aryl methyl sites for hydroxylation is 2. The highest BCUT2D eigenvalue weighted by Crippen LogP contribution is 2.29. The Labute approximate surface area is 162 Å². The van der Waals surface area contributed by atoms with Crippen molar-refractivity contribution in [3.8, 4) is 0 Å². The molecular formula is C19H16F3N3O4. The predicted octanol–water partition coefficient (Wildman–Crippen LogP) is 2.26. The molecule has 1 aromatic carbocycles. The largest absolute Gasteiger partial charge is 0.465 e. The summed E-state index contributed by atoms with van der Waals surface area (Å²) in [4.78, 5) is 42.0. The third kappa shape index (κ3) is 3.65. The van der Waals surface area contributed by atoms with Gasteiger partial charge in [-0.25, -0.2) is 14.6 Å². The summed E-state index contributed by atoms with van der Waals surface area (Å²) in [6, 6.07) is 5.69. The van der Waals surface area contributed by atoms with Gasteiger partial charge < -0.3 is 4.74 Å². The van der Waals surface area contributed by atoms with Gasteiger partial charge in [0.1, 0.15) is 5.65 Å². The van der Waals surface area contributed by atoms with Crippen LogP contribution in [0, 0.1) is 6.92 Å². The van der Waals surface area contributed by atoms with Crippen LogP contribution in [-0.4, -0.2) is 27.2 Å². The van der Waals surface area contributed by atoms with Gasteiger partial charge in [0.15, 0.2) is 0 Å². The van der Waals surface area contributed by atoms with E-state index in [-0.39, 0.29) is 22.2 Å². The second-order valence-corrected chi connectivity index (χ2v) is 6.43. The fourth-order valence-electron chi connectivity index (χ4n) is 3.04. The number of rotatable bonds is 3. The van der Waals surface area contributed by atoms with Gasteiger partial charge in [0.25, 0.3) is 5.56 Å². The number of fused-ring (bicyclic) bond motifs is 1. The number of methoxy groups -OCH3 is 1. The monoisotopic (exact) mass is 407 g/mol. The van der Waals surface area contributed by atoms with Gasteiger partial charge in [-0.3, -0.25) is 13.9 Å². The Balaban J connectivity index is 2.28. The number of aromatic nitrogens is 3. The van der Waals surface area contributed by atoms with E-state index in [0.29, 0.717) is 5.69 Å². The number of benzene rings is 1. The molecule has 7 nitrogen and oxygen atoms in total. The topological polar surface area (TPSA) is 83.2 Å². The molecule has 10 heteroatoms. The molecule has 0 saturated carbocycles. The van der Waals surface area contributed by atoms with Gasteiger partial charge in [-0.2, -0.15) is 13.2 Å². The Morgan fingerprint density at radius 2 is 1.90 bits per heavy atom. The molecular weight excluding hydrogens is 391 g/mol. The van der Waals surface area contributed by atoms with Crippen molar-refractivity contribution >= 4 is 17.0 Å². The molecule has 2 aromatic heterocycles. The smallest absolute Gasteiger partial charge is 0.416 e. The van der Waals surface area contributed by atoms with E-state index in [2.05, 4.69) is 4.98 Å². The van der Waals surface area contributed by atoms with Crippen LogP contribution in [0.15, 0.2) is 39.9 Å². The van der Waals surface area contributed by atoms with E-state index >= 15 is 0 Å². The maximum absolute atomic E-state index is 13.0. The van der Waals surface area contributed by atoms with Crippen molar-refractivity contribution in [1.29, 1.82) is 0 Å². The van der Waals surface area contributed by atoms with Gasteiger partial charge in [-0.1, -0.05) is 12.1 Å². The summed E-state index contributed by atoms with van der Waals surface area (Å²) in [5.74, 6) is -0.790. The van der Waals surface area contributed by atoms with E-state index in [1.165, 1.54) is 25.2 Å². The molecule has 0 aliphatic heterocycles. The predicted molar refractivity (Wildman–Crippen MR) is 97.9 cm³/mol. The summed E-state index contributed by atoms with van der Waals surface area (Å²) in [5.41, 5.74) is -2.09. The first-order chi connectivity index (χ1) is 13.5. The molecule has 0 atom stereocenters. The van der Waals surface area contributed by atoms with E-state index in [1.807, 2.05) is 0 Å². The van der Waals surface area contributed by atoms with Gasteiger partial charge in [0.2, 0.25) is 0 Å². The van der Waals surface area contributed by atoms with Crippen LogP contribution in [0.3, 0.4) is 0 Å². The molecule has 0 aliphatic carbocycles. The number of hydrogen-bond acceptors (Lipinski definition) is 5. The van der Waals surface area contributed by atoms with Crippen molar-refractivity contribution in [2.45, 2.75) is 19.6 Å². The zero-order valence-corrected chi connectivity index (χ0v) is 15.7. The van der Waals surface area contributed by atoms with Crippen molar-refractivity contribution in [2.24, 2.45) is 7.05 Å². The quantitative estimate of drug-likeness (QED) is 0.622. The standard InChI is InChI=1S/C19H16F3N3O4/c1-10-7-13(17(27)29-3)14-15(23-10)24(2)18(28)25(16(14)26)9-11-5-4-6-12(8-11)19(20,21)22/h4-8H,9H2,1-3H3. The normalized spacial score (nSPS) is 11.7. The highest BCUT2D eigenvalue weighted by atomic mass is 19.4. The molecule has 2 heterocycles. The molecule has 0 spiro atoms. The first-order valence-corrected chi connectivity index (χ1v) is 8.40. The van der Waals surface area contributed by atoms with Crippen LogP contribution in [-0.2, 0) is 24.5 Å². The zero-order chi connectivity index (χ0) is 21.5. The number of esters is 1. The average Bonchev–Trinajstić information content (AvgIpc) is 2.67. The van der Waals surface area contributed by atoms with Crippen molar-refractivity contribution in [2.75, 3.05) is 7.11 Å². The van der Waals surface area contributed by atoms with Crippen LogP contribution >= 0.6 is 0 Å². The van der Waals surface area contributed by atoms with Crippen LogP contribution < -0.4 is 11.2 Å². The summed E-state index contributed by atoms with van der Waals surface area (Å²) in [5, 5.41) is -0.142. The van der Waals surface area contributed by atoms with Crippen LogP contribution in [0.5, 0.6) is 0 Å². The Morgan fingerprint density at radius 1 is 1.21 bits per heavy atom. The first kappa shape index (κ1) is 20.3. The molecule has 0 N–H and O–H groups in total. The summed E-state index contributed by atoms with van der Waals surface area (Å²) in [6.45, 7) is 1.18. The van der Waals surface area contributed by atoms with E-state index < -0.39 is 35.5 Å². The van der Waals surface area contributed by atoms with Gasteiger partial charge in [0.05, 0.1) is 30.2 Å². The fourth-order valence-corrected chi connectivity index (χ4v) is 3.04. The Morgan fingerprint density at radius 3 is 2.52 bits per heavy atom. The molecule has 0 fully saturated rings. The third-order valence-electron chi connectivity index (χ3n) is 4.42. The Kier molecular flexibility index (Phi) is 5.04. The molecule has 29 heavy (non-hydrogen) atoms. The van der Waals surface area contributed by atoms with Crippen molar-refractivity contribution in [3.05, 3.63) is 73.6 Å². The van der Waals surface area contributed by atoms with E-state index in [4.69, 9.17) is 4.74 Å². The maximum Gasteiger partial charge on any atom is 0.416 e. The molecule has 0 bridgehead atoms. The number of ether oxygens (including phenoxy) is 1. The third-order valence-corrected chi connectivity index (χ3v) is 4.42. The lowest BCUT2D eigenvalue weighted by Crippen LogP contribution is -2.40. The van der Waals surface area contributed by atoms with Crippen molar-refractivity contribution < 1.29 is 22.7 Å². The summed E-state index contributed by atoms with van der Waals surface area (Å²) < 4.78 is 45.4. The molecule has 0 aliphatic rings. The number of carbonyl (C=O) groups is 1. The molecule has 0 amide bonds. The number of alkyl halides is 3. The van der Waals surface area contributed by atoms with Crippen molar-refractivity contribution in [1.82, 2.24) is 14.1 Å². The fraction of sp³-hybridized carbons (Fsp3) is 0.263. The highest BCUT2D eigenvalue weighted by Gasteiger charge is 2.30. The summed E-state index contributed by atoms with van der Waals surface area (Å²) in [7, 11) is 2.51. The number of hydrogen-bond donors (Lipinski definition) is 0. The Hall–Kier alpha value is -3.43. The average molecular weight is 407 g/mol. The maximum atomic E-state index is 13.0. The molecule has 0 radical (unpaired) electrons. The number of carbonyl (C=O) groups excluding carboxylic acids is 1. The lowest BCUT2D eigenvalue weighted by molar-refractivity contribution is -0.137. The van der Waals surface area contributed by atoms with Crippen LogP contribution in [0.1, 0.15) is 27.2 Å². The Bertz CT molecular complexity index is 1240. The lowest BCUT2D eigenvalue weighted by atomic mass is 10.1. The number of pyridine rings is 1. The lowest BCUT2D eigenvalue weighted by Gasteiger charge is -2.14.